The van der Waals surface area contributed by atoms with E-state index in [0.29, 0.717) is 16.0 Å². The Balaban J connectivity index is 1.83. The fourth-order valence-electron chi connectivity index (χ4n) is 2.53. The van der Waals surface area contributed by atoms with Crippen molar-refractivity contribution < 1.29 is 14.0 Å². The molecule has 1 aromatic heterocycles. The predicted octanol–water partition coefficient (Wildman–Crippen LogP) is 4.61. The first-order valence-electron chi connectivity index (χ1n) is 7.80. The van der Waals surface area contributed by atoms with E-state index in [0.717, 1.165) is 5.56 Å². The lowest BCUT2D eigenvalue weighted by molar-refractivity contribution is 0.0930. The standard InChI is InChI=1S/C20H16FNO2S/c1-13(14-8-10-15(21)11-9-14)22-20(24)17-6-3-2-5-16(17)19(23)18-7-4-12-25-18/h2-13H,1H3,(H,22,24). The molecule has 3 nitrogen and oxygen atoms in total. The van der Waals surface area contributed by atoms with Crippen LogP contribution in [0.3, 0.4) is 0 Å². The highest BCUT2D eigenvalue weighted by atomic mass is 32.1. The van der Waals surface area contributed by atoms with Gasteiger partial charge in [0.2, 0.25) is 5.78 Å². The monoisotopic (exact) mass is 353 g/mol. The molecule has 25 heavy (non-hydrogen) atoms. The third-order valence-corrected chi connectivity index (χ3v) is 4.75. The van der Waals surface area contributed by atoms with Crippen molar-refractivity contribution in [1.29, 1.82) is 0 Å². The molecular formula is C20H16FNO2S. The summed E-state index contributed by atoms with van der Waals surface area (Å²) in [6.45, 7) is 1.81. The number of amides is 1. The predicted molar refractivity (Wildman–Crippen MR) is 96.5 cm³/mol. The first-order valence-corrected chi connectivity index (χ1v) is 8.68. The Hall–Kier alpha value is -2.79. The highest BCUT2D eigenvalue weighted by molar-refractivity contribution is 7.12. The summed E-state index contributed by atoms with van der Waals surface area (Å²) in [7, 11) is 0. The average Bonchev–Trinajstić information content (AvgIpc) is 3.16. The van der Waals surface area contributed by atoms with Crippen molar-refractivity contribution in [1.82, 2.24) is 5.32 Å². The number of halogens is 1. The molecule has 1 heterocycles. The minimum Gasteiger partial charge on any atom is -0.345 e. The summed E-state index contributed by atoms with van der Waals surface area (Å²) in [5.41, 5.74) is 1.49. The SMILES string of the molecule is CC(NC(=O)c1ccccc1C(=O)c1cccs1)c1ccc(F)cc1. The minimum atomic E-state index is -0.336. The second kappa shape index (κ2) is 7.40. The van der Waals surface area contributed by atoms with Crippen molar-refractivity contribution in [3.05, 3.63) is 93.4 Å². The maximum absolute atomic E-state index is 13.0. The Morgan fingerprint density at radius 1 is 0.960 bits per heavy atom. The summed E-state index contributed by atoms with van der Waals surface area (Å²) in [6.07, 6.45) is 0. The lowest BCUT2D eigenvalue weighted by Gasteiger charge is -2.15. The van der Waals surface area contributed by atoms with E-state index < -0.39 is 0 Å². The number of hydrogen-bond acceptors (Lipinski definition) is 3. The van der Waals surface area contributed by atoms with Gasteiger partial charge >= 0.3 is 0 Å². The van der Waals surface area contributed by atoms with Gasteiger partial charge < -0.3 is 5.32 Å². The van der Waals surface area contributed by atoms with E-state index in [2.05, 4.69) is 5.32 Å². The Morgan fingerprint density at radius 3 is 2.28 bits per heavy atom. The molecule has 1 amide bonds. The van der Waals surface area contributed by atoms with E-state index in [1.807, 2.05) is 12.3 Å². The van der Waals surface area contributed by atoms with Crippen LogP contribution in [0.5, 0.6) is 0 Å². The Labute approximate surface area is 149 Å². The third-order valence-electron chi connectivity index (χ3n) is 3.88. The van der Waals surface area contributed by atoms with Crippen molar-refractivity contribution >= 4 is 23.0 Å². The number of nitrogens with one attached hydrogen (secondary N) is 1. The normalized spacial score (nSPS) is 11.8. The molecule has 0 fully saturated rings. The molecule has 2 aromatic carbocycles. The van der Waals surface area contributed by atoms with Crippen LogP contribution in [-0.2, 0) is 0 Å². The molecule has 0 aliphatic carbocycles. The van der Waals surface area contributed by atoms with Crippen LogP contribution in [0.15, 0.2) is 66.0 Å². The fourth-order valence-corrected chi connectivity index (χ4v) is 3.21. The van der Waals surface area contributed by atoms with E-state index in [1.165, 1.54) is 23.5 Å². The van der Waals surface area contributed by atoms with Crippen LogP contribution in [0, 0.1) is 5.82 Å². The molecular weight excluding hydrogens is 337 g/mol. The molecule has 1 N–H and O–H groups in total. The highest BCUT2D eigenvalue weighted by Crippen LogP contribution is 2.20. The summed E-state index contributed by atoms with van der Waals surface area (Å²) in [5, 5.41) is 4.69. The quantitative estimate of drug-likeness (QED) is 0.681. The number of benzene rings is 2. The van der Waals surface area contributed by atoms with E-state index in [1.54, 1.807) is 48.5 Å². The number of rotatable bonds is 5. The van der Waals surface area contributed by atoms with Gasteiger partial charge in [0.15, 0.2) is 0 Å². The van der Waals surface area contributed by atoms with E-state index in [-0.39, 0.29) is 23.5 Å². The van der Waals surface area contributed by atoms with Crippen molar-refractivity contribution in [3.63, 3.8) is 0 Å². The van der Waals surface area contributed by atoms with Crippen molar-refractivity contribution in [3.8, 4) is 0 Å². The van der Waals surface area contributed by atoms with Crippen LogP contribution >= 0.6 is 11.3 Å². The smallest absolute Gasteiger partial charge is 0.252 e. The van der Waals surface area contributed by atoms with Gasteiger partial charge in [-0.1, -0.05) is 36.4 Å². The third kappa shape index (κ3) is 3.83. The Bertz CT molecular complexity index is 888. The van der Waals surface area contributed by atoms with Gasteiger partial charge in [-0.15, -0.1) is 11.3 Å². The molecule has 3 rings (SSSR count). The fraction of sp³-hybridized carbons (Fsp3) is 0.100. The zero-order valence-corrected chi connectivity index (χ0v) is 14.3. The molecule has 0 aliphatic heterocycles. The number of hydrogen-bond donors (Lipinski definition) is 1. The molecule has 0 saturated carbocycles. The lowest BCUT2D eigenvalue weighted by Crippen LogP contribution is -2.28. The highest BCUT2D eigenvalue weighted by Gasteiger charge is 2.20. The Morgan fingerprint density at radius 2 is 1.64 bits per heavy atom. The number of carbonyl (C=O) groups is 2. The molecule has 5 heteroatoms. The number of thiophene rings is 1. The summed E-state index contributed by atoms with van der Waals surface area (Å²) in [6, 6.07) is 15.9. The van der Waals surface area contributed by atoms with Crippen LogP contribution in [-0.4, -0.2) is 11.7 Å². The van der Waals surface area contributed by atoms with Crippen LogP contribution in [0.25, 0.3) is 0 Å². The largest absolute Gasteiger partial charge is 0.345 e. The van der Waals surface area contributed by atoms with Gasteiger partial charge in [0.25, 0.3) is 5.91 Å². The van der Waals surface area contributed by atoms with Crippen LogP contribution in [0.2, 0.25) is 0 Å². The topological polar surface area (TPSA) is 46.2 Å². The molecule has 0 saturated heterocycles. The molecule has 0 bridgehead atoms. The number of ketones is 1. The van der Waals surface area contributed by atoms with E-state index in [4.69, 9.17) is 0 Å². The van der Waals surface area contributed by atoms with Gasteiger partial charge in [-0.2, -0.15) is 0 Å². The molecule has 0 aliphatic rings. The maximum Gasteiger partial charge on any atom is 0.252 e. The van der Waals surface area contributed by atoms with Crippen LogP contribution in [0.1, 0.15) is 44.1 Å². The number of carbonyl (C=O) groups excluding carboxylic acids is 2. The van der Waals surface area contributed by atoms with E-state index in [9.17, 15) is 14.0 Å². The summed E-state index contributed by atoms with van der Waals surface area (Å²) < 4.78 is 13.0. The zero-order valence-electron chi connectivity index (χ0n) is 13.5. The maximum atomic E-state index is 13.0. The van der Waals surface area contributed by atoms with Gasteiger partial charge in [-0.25, -0.2) is 4.39 Å². The molecule has 3 aromatic rings. The zero-order chi connectivity index (χ0) is 17.8. The van der Waals surface area contributed by atoms with Gasteiger partial charge in [-0.05, 0) is 42.1 Å². The first kappa shape index (κ1) is 17.0. The summed E-state index contributed by atoms with van der Waals surface area (Å²) >= 11 is 1.34. The molecule has 1 atom stereocenters. The first-order chi connectivity index (χ1) is 12.1. The molecule has 0 spiro atoms. The molecule has 1 unspecified atom stereocenters. The summed E-state index contributed by atoms with van der Waals surface area (Å²) in [5.74, 6) is -0.832. The van der Waals surface area contributed by atoms with Gasteiger partial charge in [0.1, 0.15) is 5.82 Å². The average molecular weight is 353 g/mol. The van der Waals surface area contributed by atoms with Crippen molar-refractivity contribution in [2.75, 3.05) is 0 Å². The lowest BCUT2D eigenvalue weighted by atomic mass is 10.0. The second-order valence-electron chi connectivity index (χ2n) is 5.60. The van der Waals surface area contributed by atoms with Crippen molar-refractivity contribution in [2.24, 2.45) is 0 Å². The van der Waals surface area contributed by atoms with Crippen LogP contribution in [0.4, 0.5) is 4.39 Å². The summed E-state index contributed by atoms with van der Waals surface area (Å²) in [4.78, 5) is 25.9. The minimum absolute atomic E-state index is 0.171. The Kier molecular flexibility index (Phi) is 5.05. The van der Waals surface area contributed by atoms with Gasteiger partial charge in [0.05, 0.1) is 16.5 Å². The molecule has 0 radical (unpaired) electrons. The second-order valence-corrected chi connectivity index (χ2v) is 6.55. The van der Waals surface area contributed by atoms with Crippen molar-refractivity contribution in [2.45, 2.75) is 13.0 Å². The van der Waals surface area contributed by atoms with Gasteiger partial charge in [0, 0.05) is 5.56 Å². The van der Waals surface area contributed by atoms with E-state index >= 15 is 0 Å². The van der Waals surface area contributed by atoms with Gasteiger partial charge in [-0.3, -0.25) is 9.59 Å². The molecule has 126 valence electrons. The van der Waals surface area contributed by atoms with Crippen LogP contribution < -0.4 is 5.32 Å².